The van der Waals surface area contributed by atoms with E-state index >= 15 is 0 Å². The van der Waals surface area contributed by atoms with Gasteiger partial charge in [-0.3, -0.25) is 0 Å². The van der Waals surface area contributed by atoms with Crippen molar-refractivity contribution in [3.8, 4) is 0 Å². The molecule has 0 aromatic heterocycles. The summed E-state index contributed by atoms with van der Waals surface area (Å²) in [4.78, 5) is 2.53. The molecule has 4 nitrogen and oxygen atoms in total. The molecule has 0 aliphatic carbocycles. The van der Waals surface area contributed by atoms with E-state index in [1.165, 1.54) is 22.9 Å². The van der Waals surface area contributed by atoms with Crippen LogP contribution in [0.2, 0.25) is 5.02 Å². The van der Waals surface area contributed by atoms with Crippen LogP contribution in [0.5, 0.6) is 0 Å². The number of nitrogens with zero attached hydrogens (tertiary/aromatic N) is 2. The maximum absolute atomic E-state index is 12.8. The van der Waals surface area contributed by atoms with Gasteiger partial charge in [0.05, 0.1) is 4.90 Å². The lowest BCUT2D eigenvalue weighted by Crippen LogP contribution is -2.49. The van der Waals surface area contributed by atoms with Crippen molar-refractivity contribution in [2.75, 3.05) is 31.1 Å². The molecule has 0 N–H and O–H groups in total. The number of hydrogen-bond acceptors (Lipinski definition) is 3. The molecule has 1 fully saturated rings. The first-order valence-electron chi connectivity index (χ1n) is 7.96. The lowest BCUT2D eigenvalue weighted by atomic mass is 10.1. The second kappa shape index (κ2) is 6.75. The molecule has 0 atom stereocenters. The Balaban J connectivity index is 1.78. The Labute approximate surface area is 148 Å². The number of piperazine rings is 1. The molecule has 0 saturated carbocycles. The molecule has 1 saturated heterocycles. The molecule has 2 aromatic carbocycles. The smallest absolute Gasteiger partial charge is 0.243 e. The van der Waals surface area contributed by atoms with Gasteiger partial charge in [-0.2, -0.15) is 4.31 Å². The number of sulfonamides is 1. The number of para-hydroxylation sites is 1. The Morgan fingerprint density at radius 1 is 0.917 bits per heavy atom. The average Bonchev–Trinajstić information content (AvgIpc) is 2.55. The molecule has 0 unspecified atom stereocenters. The van der Waals surface area contributed by atoms with E-state index in [-0.39, 0.29) is 4.90 Å². The third-order valence-corrected chi connectivity index (χ3v) is 6.56. The molecule has 2 aromatic rings. The molecule has 0 spiro atoms. The fraction of sp³-hybridized carbons (Fsp3) is 0.333. The third kappa shape index (κ3) is 3.29. The third-order valence-electron chi connectivity index (χ3n) is 4.43. The normalized spacial score (nSPS) is 16.4. The molecule has 6 heteroatoms. The number of hydrogen-bond donors (Lipinski definition) is 0. The zero-order valence-corrected chi connectivity index (χ0v) is 15.4. The molecular formula is C18H21ClN2O2S. The molecule has 3 rings (SSSR count). The number of benzene rings is 2. The largest absolute Gasteiger partial charge is 0.368 e. The number of halogens is 1. The molecular weight excluding hydrogens is 344 g/mol. The summed E-state index contributed by atoms with van der Waals surface area (Å²) < 4.78 is 27.1. The molecule has 0 bridgehead atoms. The summed E-state index contributed by atoms with van der Waals surface area (Å²) in [5, 5.41) is 0.435. The van der Waals surface area contributed by atoms with Crippen LogP contribution in [-0.4, -0.2) is 38.9 Å². The predicted molar refractivity (Wildman–Crippen MR) is 98.3 cm³/mol. The summed E-state index contributed by atoms with van der Waals surface area (Å²) in [6, 6.07) is 12.7. The minimum absolute atomic E-state index is 0.260. The van der Waals surface area contributed by atoms with Crippen LogP contribution < -0.4 is 4.90 Å². The molecule has 1 aliphatic rings. The summed E-state index contributed by atoms with van der Waals surface area (Å²) >= 11 is 5.94. The minimum atomic E-state index is -3.49. The van der Waals surface area contributed by atoms with Crippen LogP contribution >= 0.6 is 11.6 Å². The monoisotopic (exact) mass is 364 g/mol. The zero-order chi connectivity index (χ0) is 17.3. The summed E-state index contributed by atoms with van der Waals surface area (Å²) in [6.45, 7) is 6.51. The topological polar surface area (TPSA) is 40.6 Å². The minimum Gasteiger partial charge on any atom is -0.368 e. The summed E-state index contributed by atoms with van der Waals surface area (Å²) in [7, 11) is -3.49. The van der Waals surface area contributed by atoms with Crippen molar-refractivity contribution < 1.29 is 8.42 Å². The highest BCUT2D eigenvalue weighted by Gasteiger charge is 2.29. The van der Waals surface area contributed by atoms with Gasteiger partial charge in [-0.05, 0) is 43.2 Å². The molecule has 128 valence electrons. The first kappa shape index (κ1) is 17.3. The standard InChI is InChI=1S/C18H21ClN2O2S/c1-14-5-3-6-15(2)18(14)20-9-11-21(12-10-20)24(22,23)17-8-4-7-16(19)13-17/h3-8,13H,9-12H2,1-2H3. The SMILES string of the molecule is Cc1cccc(C)c1N1CCN(S(=O)(=O)c2cccc(Cl)c2)CC1. The van der Waals surface area contributed by atoms with Gasteiger partial charge in [0.2, 0.25) is 10.0 Å². The maximum Gasteiger partial charge on any atom is 0.243 e. The van der Waals surface area contributed by atoms with E-state index in [2.05, 4.69) is 30.9 Å². The van der Waals surface area contributed by atoms with Crippen LogP contribution in [0.15, 0.2) is 47.4 Å². The first-order valence-corrected chi connectivity index (χ1v) is 9.78. The van der Waals surface area contributed by atoms with E-state index in [0.29, 0.717) is 31.2 Å². The van der Waals surface area contributed by atoms with E-state index in [1.54, 1.807) is 22.5 Å². The van der Waals surface area contributed by atoms with Crippen molar-refractivity contribution in [1.82, 2.24) is 4.31 Å². The van der Waals surface area contributed by atoms with E-state index < -0.39 is 10.0 Å². The van der Waals surface area contributed by atoms with Gasteiger partial charge in [0.25, 0.3) is 0 Å². The van der Waals surface area contributed by atoms with Crippen molar-refractivity contribution in [3.63, 3.8) is 0 Å². The van der Waals surface area contributed by atoms with E-state index in [1.807, 2.05) is 6.07 Å². The highest BCUT2D eigenvalue weighted by atomic mass is 35.5. The van der Waals surface area contributed by atoms with Gasteiger partial charge in [-0.25, -0.2) is 8.42 Å². The second-order valence-electron chi connectivity index (χ2n) is 6.09. The van der Waals surface area contributed by atoms with Crippen LogP contribution in [0.4, 0.5) is 5.69 Å². The van der Waals surface area contributed by atoms with Crippen molar-refractivity contribution in [2.45, 2.75) is 18.7 Å². The lowest BCUT2D eigenvalue weighted by Gasteiger charge is -2.36. The first-order chi connectivity index (χ1) is 11.4. The highest BCUT2D eigenvalue weighted by Crippen LogP contribution is 2.27. The maximum atomic E-state index is 12.8. The molecule has 0 radical (unpaired) electrons. The van der Waals surface area contributed by atoms with Crippen LogP contribution in [0.1, 0.15) is 11.1 Å². The Bertz CT molecular complexity index is 824. The van der Waals surface area contributed by atoms with E-state index in [4.69, 9.17) is 11.6 Å². The second-order valence-corrected chi connectivity index (χ2v) is 8.46. The van der Waals surface area contributed by atoms with Crippen LogP contribution in [0.3, 0.4) is 0 Å². The van der Waals surface area contributed by atoms with Crippen LogP contribution in [0, 0.1) is 13.8 Å². The fourth-order valence-corrected chi connectivity index (χ4v) is 4.96. The predicted octanol–water partition coefficient (Wildman–Crippen LogP) is 3.47. The van der Waals surface area contributed by atoms with Gasteiger partial charge in [-0.1, -0.05) is 35.9 Å². The summed E-state index contributed by atoms with van der Waals surface area (Å²) in [5.41, 5.74) is 3.67. The molecule has 0 amide bonds. The van der Waals surface area contributed by atoms with Crippen molar-refractivity contribution in [1.29, 1.82) is 0 Å². The van der Waals surface area contributed by atoms with Gasteiger partial charge in [0, 0.05) is 36.9 Å². The van der Waals surface area contributed by atoms with Gasteiger partial charge < -0.3 is 4.90 Å². The Morgan fingerprint density at radius 2 is 1.50 bits per heavy atom. The Hall–Kier alpha value is -1.56. The van der Waals surface area contributed by atoms with Crippen molar-refractivity contribution in [2.24, 2.45) is 0 Å². The van der Waals surface area contributed by atoms with Crippen LogP contribution in [-0.2, 0) is 10.0 Å². The van der Waals surface area contributed by atoms with Gasteiger partial charge >= 0.3 is 0 Å². The van der Waals surface area contributed by atoms with Gasteiger partial charge in [0.15, 0.2) is 0 Å². The zero-order valence-electron chi connectivity index (χ0n) is 13.9. The number of anilines is 1. The number of rotatable bonds is 3. The van der Waals surface area contributed by atoms with Gasteiger partial charge in [-0.15, -0.1) is 0 Å². The Morgan fingerprint density at radius 3 is 2.08 bits per heavy atom. The fourth-order valence-electron chi connectivity index (χ4n) is 3.23. The van der Waals surface area contributed by atoms with E-state index in [0.717, 1.165) is 0 Å². The van der Waals surface area contributed by atoms with Crippen LogP contribution in [0.25, 0.3) is 0 Å². The number of aryl methyl sites for hydroxylation is 2. The summed E-state index contributed by atoms with van der Waals surface area (Å²) in [5.74, 6) is 0. The molecule has 1 aliphatic heterocycles. The molecule has 1 heterocycles. The quantitative estimate of drug-likeness (QED) is 0.837. The molecule has 24 heavy (non-hydrogen) atoms. The lowest BCUT2D eigenvalue weighted by molar-refractivity contribution is 0.384. The van der Waals surface area contributed by atoms with Crippen molar-refractivity contribution >= 4 is 27.3 Å². The summed E-state index contributed by atoms with van der Waals surface area (Å²) in [6.07, 6.45) is 0. The average molecular weight is 365 g/mol. The van der Waals surface area contributed by atoms with Crippen molar-refractivity contribution in [3.05, 3.63) is 58.6 Å². The highest BCUT2D eigenvalue weighted by molar-refractivity contribution is 7.89. The van der Waals surface area contributed by atoms with E-state index in [9.17, 15) is 8.42 Å². The Kier molecular flexibility index (Phi) is 4.85. The van der Waals surface area contributed by atoms with Gasteiger partial charge in [0.1, 0.15) is 0 Å².